The molecule has 0 aromatic carbocycles. The lowest BCUT2D eigenvalue weighted by Crippen LogP contribution is -2.74. The number of nitrogens with zero attached hydrogens (tertiary/aromatic N) is 3. The molecule has 2 heterocycles. The van der Waals surface area contributed by atoms with E-state index in [1.165, 1.54) is 0 Å². The minimum absolute atomic E-state index is 0.196. The smallest absolute Gasteiger partial charge is 0.353 e. The fourth-order valence-corrected chi connectivity index (χ4v) is 2.31. The third kappa shape index (κ3) is 2.09. The largest absolute Gasteiger partial charge is 0.407 e. The van der Waals surface area contributed by atoms with Crippen molar-refractivity contribution >= 4 is 66.6 Å². The SMILES string of the molecule is [B]c1nc(N)nc(=O)n1C1([B])OC([B])(C([B])([B])O)C([B])(O)C1([B])O. The summed E-state index contributed by atoms with van der Waals surface area (Å²) in [5, 5.41) is 27.5. The van der Waals surface area contributed by atoms with Crippen LogP contribution in [0.25, 0.3) is 0 Å². The highest BCUT2D eigenvalue weighted by molar-refractivity contribution is 6.47. The first kappa shape index (κ1) is 19.2. The van der Waals surface area contributed by atoms with Crippen LogP contribution in [0.1, 0.15) is 0 Å². The van der Waals surface area contributed by atoms with Gasteiger partial charge in [0.15, 0.2) is 7.85 Å². The zero-order valence-corrected chi connectivity index (χ0v) is 12.1. The highest BCUT2D eigenvalue weighted by Gasteiger charge is 2.73. The summed E-state index contributed by atoms with van der Waals surface area (Å²) in [6, 6.07) is 0. The van der Waals surface area contributed by atoms with Gasteiger partial charge in [0.1, 0.15) is 52.7 Å². The Hall–Kier alpha value is -1.10. The van der Waals surface area contributed by atoms with Crippen molar-refractivity contribution in [3.63, 3.8) is 0 Å². The molecule has 5 N–H and O–H groups in total. The highest BCUT2D eigenvalue weighted by Crippen LogP contribution is 2.51. The van der Waals surface area contributed by atoms with Gasteiger partial charge in [-0.1, -0.05) is 0 Å². The summed E-state index contributed by atoms with van der Waals surface area (Å²) in [4.78, 5) is 18.7. The Morgan fingerprint density at radius 1 is 1.12 bits per heavy atom. The van der Waals surface area contributed by atoms with E-state index in [2.05, 4.69) is 9.97 Å². The van der Waals surface area contributed by atoms with E-state index in [4.69, 9.17) is 65.4 Å². The number of hydrogen-bond donors (Lipinski definition) is 4. The molecule has 1 aromatic rings. The second-order valence-electron chi connectivity index (χ2n) is 5.45. The first-order chi connectivity index (χ1) is 10.5. The van der Waals surface area contributed by atoms with Gasteiger partial charge >= 0.3 is 5.69 Å². The Morgan fingerprint density at radius 2 is 1.62 bits per heavy atom. The van der Waals surface area contributed by atoms with Crippen molar-refractivity contribution < 1.29 is 20.1 Å². The number of aromatic nitrogens is 3. The van der Waals surface area contributed by atoms with Crippen molar-refractivity contribution in [1.29, 1.82) is 0 Å². The standard InChI is InChI=1S/C8H5B7N4O5/c9-1-17-2(16)18-3(20)19(1)8(15)5(11,22)4(10,21)6(12,24-8)7(13,14)23/h21-23H,(H2,16,18,20). The van der Waals surface area contributed by atoms with Gasteiger partial charge in [0.05, 0.1) is 22.2 Å². The quantitative estimate of drug-likeness (QED) is 0.394. The molecule has 24 heavy (non-hydrogen) atoms. The monoisotopic (exact) mass is 314 g/mol. The van der Waals surface area contributed by atoms with Gasteiger partial charge in [-0.25, -0.2) is 9.78 Å². The van der Waals surface area contributed by atoms with E-state index >= 15 is 0 Å². The van der Waals surface area contributed by atoms with E-state index in [0.717, 1.165) is 0 Å². The predicted molar refractivity (Wildman–Crippen MR) is 87.3 cm³/mol. The average molecular weight is 313 g/mol. The molecule has 0 spiro atoms. The maximum Gasteiger partial charge on any atom is 0.353 e. The van der Waals surface area contributed by atoms with Crippen molar-refractivity contribution in [2.75, 3.05) is 5.73 Å². The van der Waals surface area contributed by atoms with Gasteiger partial charge in [0, 0.05) is 5.40 Å². The molecule has 9 nitrogen and oxygen atoms in total. The summed E-state index contributed by atoms with van der Waals surface area (Å²) < 4.78 is 5.18. The maximum atomic E-state index is 12.0. The van der Waals surface area contributed by atoms with Crippen molar-refractivity contribution in [1.82, 2.24) is 14.5 Å². The van der Waals surface area contributed by atoms with Gasteiger partial charge in [-0.05, 0) is 0 Å². The highest BCUT2D eigenvalue weighted by atomic mass is 16.6. The summed E-state index contributed by atoms with van der Waals surface area (Å²) in [6.45, 7) is 0. The summed E-state index contributed by atoms with van der Waals surface area (Å²) in [5.74, 6) is -0.535. The summed E-state index contributed by atoms with van der Waals surface area (Å²) in [5.41, 5.74) is -9.45. The molecule has 0 saturated carbocycles. The second-order valence-corrected chi connectivity index (χ2v) is 5.45. The molecular weight excluding hydrogens is 308 g/mol. The number of nitrogens with two attached hydrogens (primary N) is 1. The Balaban J connectivity index is 2.83. The lowest BCUT2D eigenvalue weighted by molar-refractivity contribution is -0.133. The molecule has 0 bridgehead atoms. The molecule has 1 saturated heterocycles. The summed E-state index contributed by atoms with van der Waals surface area (Å²) in [7, 11) is 38.3. The normalized spacial score (nSPS) is 39.8. The fourth-order valence-electron chi connectivity index (χ4n) is 2.31. The van der Waals surface area contributed by atoms with E-state index in [1.807, 2.05) is 0 Å². The Bertz CT molecular complexity index is 751. The van der Waals surface area contributed by atoms with E-state index in [1.54, 1.807) is 0 Å². The molecule has 14 radical (unpaired) electrons. The first-order valence-corrected chi connectivity index (χ1v) is 6.16. The van der Waals surface area contributed by atoms with E-state index in [0.29, 0.717) is 0 Å². The fraction of sp³-hybridized carbons (Fsp3) is 0.625. The van der Waals surface area contributed by atoms with E-state index in [-0.39, 0.29) is 4.57 Å². The minimum atomic E-state index is -3.29. The molecule has 4 atom stereocenters. The molecular formula is C8H5B7N4O5. The van der Waals surface area contributed by atoms with Gasteiger partial charge in [-0.15, -0.1) is 0 Å². The van der Waals surface area contributed by atoms with Crippen LogP contribution in [0.5, 0.6) is 0 Å². The maximum absolute atomic E-state index is 12.0. The van der Waals surface area contributed by atoms with Crippen molar-refractivity contribution in [2.24, 2.45) is 0 Å². The number of ether oxygens (including phenoxy) is 1. The lowest BCUT2D eigenvalue weighted by atomic mass is 9.36. The average Bonchev–Trinajstić information content (AvgIpc) is 2.44. The Kier molecular flexibility index (Phi) is 3.98. The zero-order chi connectivity index (χ0) is 18.9. The second kappa shape index (κ2) is 4.97. The van der Waals surface area contributed by atoms with Crippen LogP contribution in [0.4, 0.5) is 5.95 Å². The predicted octanol–water partition coefficient (Wildman–Crippen LogP) is -7.61. The molecule has 1 aliphatic rings. The lowest BCUT2D eigenvalue weighted by Gasteiger charge is -2.49. The van der Waals surface area contributed by atoms with Crippen LogP contribution < -0.4 is 17.1 Å². The Labute approximate surface area is 145 Å². The van der Waals surface area contributed by atoms with Gasteiger partial charge < -0.3 is 25.8 Å². The van der Waals surface area contributed by atoms with Gasteiger partial charge in [0.25, 0.3) is 0 Å². The molecule has 4 unspecified atom stereocenters. The molecule has 2 rings (SSSR count). The molecule has 1 aromatic heterocycles. The van der Waals surface area contributed by atoms with Crippen LogP contribution in [0.2, 0.25) is 0 Å². The van der Waals surface area contributed by atoms with Gasteiger partial charge in [-0.3, -0.25) is 4.57 Å². The van der Waals surface area contributed by atoms with Crippen LogP contribution in [-0.2, 0) is 10.4 Å². The number of anilines is 1. The van der Waals surface area contributed by atoms with Crippen LogP contribution in [0, 0.1) is 0 Å². The van der Waals surface area contributed by atoms with Crippen LogP contribution in [-0.4, -0.2) is 107 Å². The summed E-state index contributed by atoms with van der Waals surface area (Å²) >= 11 is 0. The van der Waals surface area contributed by atoms with E-state index in [9.17, 15) is 20.1 Å². The van der Waals surface area contributed by atoms with Crippen LogP contribution in [0.3, 0.4) is 0 Å². The molecule has 0 aliphatic carbocycles. The number of hydrogen-bond acceptors (Lipinski definition) is 8. The molecule has 1 aliphatic heterocycles. The molecule has 108 valence electrons. The van der Waals surface area contributed by atoms with Crippen molar-refractivity contribution in [3.8, 4) is 0 Å². The minimum Gasteiger partial charge on any atom is -0.407 e. The molecule has 1 fully saturated rings. The zero-order valence-electron chi connectivity index (χ0n) is 12.1. The van der Waals surface area contributed by atoms with Gasteiger partial charge in [0.2, 0.25) is 5.95 Å². The topological polar surface area (TPSA) is 144 Å². The number of aliphatic hydroxyl groups is 3. The molecule has 0 amide bonds. The van der Waals surface area contributed by atoms with Crippen LogP contribution in [0.15, 0.2) is 4.79 Å². The number of nitrogen functional groups attached to an aromatic ring is 1. The summed E-state index contributed by atoms with van der Waals surface area (Å²) in [6.07, 6.45) is 0. The first-order valence-electron chi connectivity index (χ1n) is 6.16. The van der Waals surface area contributed by atoms with Crippen LogP contribution >= 0.6 is 0 Å². The molecule has 16 heteroatoms. The van der Waals surface area contributed by atoms with Crippen molar-refractivity contribution in [2.45, 2.75) is 27.5 Å². The number of rotatable bonds is 2. The third-order valence-corrected chi connectivity index (χ3v) is 3.80. The van der Waals surface area contributed by atoms with Crippen molar-refractivity contribution in [3.05, 3.63) is 10.5 Å². The Morgan fingerprint density at radius 3 is 2.00 bits per heavy atom. The third-order valence-electron chi connectivity index (χ3n) is 3.80. The van der Waals surface area contributed by atoms with Gasteiger partial charge in [-0.2, -0.15) is 4.98 Å². The van der Waals surface area contributed by atoms with E-state index < -0.39 is 44.9 Å².